The van der Waals surface area contributed by atoms with E-state index in [1.165, 1.54) is 6.42 Å². The standard InChI is InChI=1S/C16H22N4O/c1-19-15-8-4-3-7-13(15)14(18-19)11-17-12-16(21)20-9-5-2-6-10-20/h3-4,7-8,17H,2,5-6,9-12H2,1H3. The van der Waals surface area contributed by atoms with Crippen LogP contribution in [0, 0.1) is 0 Å². The Morgan fingerprint density at radius 2 is 2.00 bits per heavy atom. The van der Waals surface area contributed by atoms with E-state index in [1.54, 1.807) is 0 Å². The Morgan fingerprint density at radius 1 is 1.24 bits per heavy atom. The van der Waals surface area contributed by atoms with Crippen molar-refractivity contribution in [3.8, 4) is 0 Å². The number of amides is 1. The van der Waals surface area contributed by atoms with Crippen LogP contribution in [0.4, 0.5) is 0 Å². The highest BCUT2D eigenvalue weighted by Gasteiger charge is 2.16. The van der Waals surface area contributed by atoms with Crippen LogP contribution in [0.25, 0.3) is 10.9 Å². The molecule has 1 fully saturated rings. The predicted octanol–water partition coefficient (Wildman–Crippen LogP) is 1.68. The molecule has 1 aliphatic heterocycles. The number of benzene rings is 1. The third-order valence-corrected chi connectivity index (χ3v) is 4.11. The van der Waals surface area contributed by atoms with Gasteiger partial charge in [-0.3, -0.25) is 9.48 Å². The molecule has 0 unspecified atom stereocenters. The smallest absolute Gasteiger partial charge is 0.236 e. The molecule has 0 atom stereocenters. The quantitative estimate of drug-likeness (QED) is 0.930. The summed E-state index contributed by atoms with van der Waals surface area (Å²) in [6, 6.07) is 8.17. The van der Waals surface area contributed by atoms with Crippen molar-refractivity contribution in [1.29, 1.82) is 0 Å². The maximum atomic E-state index is 12.1. The zero-order valence-corrected chi connectivity index (χ0v) is 12.5. The minimum Gasteiger partial charge on any atom is -0.342 e. The van der Waals surface area contributed by atoms with Crippen LogP contribution in [0.1, 0.15) is 25.0 Å². The number of fused-ring (bicyclic) bond motifs is 1. The molecule has 1 aromatic heterocycles. The van der Waals surface area contributed by atoms with E-state index in [-0.39, 0.29) is 5.91 Å². The fraction of sp³-hybridized carbons (Fsp3) is 0.500. The molecule has 5 nitrogen and oxygen atoms in total. The number of piperidine rings is 1. The zero-order chi connectivity index (χ0) is 14.7. The molecular weight excluding hydrogens is 264 g/mol. The SMILES string of the molecule is Cn1nc(CNCC(=O)N2CCCCC2)c2ccccc21. The molecule has 1 aromatic carbocycles. The number of hydrogen-bond donors (Lipinski definition) is 1. The highest BCUT2D eigenvalue weighted by Crippen LogP contribution is 2.17. The molecular formula is C16H22N4O. The molecule has 0 aliphatic carbocycles. The maximum absolute atomic E-state index is 12.1. The second-order valence-corrected chi connectivity index (χ2v) is 5.63. The summed E-state index contributed by atoms with van der Waals surface area (Å²) in [6.07, 6.45) is 3.52. The van der Waals surface area contributed by atoms with Crippen molar-refractivity contribution in [2.75, 3.05) is 19.6 Å². The van der Waals surface area contributed by atoms with Gasteiger partial charge in [-0.15, -0.1) is 0 Å². The van der Waals surface area contributed by atoms with Gasteiger partial charge in [-0.05, 0) is 25.3 Å². The van der Waals surface area contributed by atoms with Gasteiger partial charge in [0.1, 0.15) is 0 Å². The molecule has 21 heavy (non-hydrogen) atoms. The number of carbonyl (C=O) groups is 1. The first kappa shape index (κ1) is 14.1. The fourth-order valence-corrected chi connectivity index (χ4v) is 2.96. The molecule has 0 saturated carbocycles. The Balaban J connectivity index is 1.58. The Bertz CT molecular complexity index is 628. The minimum atomic E-state index is 0.204. The van der Waals surface area contributed by atoms with Gasteiger partial charge in [0.2, 0.25) is 5.91 Å². The molecule has 1 aliphatic rings. The van der Waals surface area contributed by atoms with Gasteiger partial charge < -0.3 is 10.2 Å². The summed E-state index contributed by atoms with van der Waals surface area (Å²) in [7, 11) is 1.95. The summed E-state index contributed by atoms with van der Waals surface area (Å²) in [4.78, 5) is 14.1. The van der Waals surface area contributed by atoms with Crippen LogP contribution in [0.15, 0.2) is 24.3 Å². The van der Waals surface area contributed by atoms with Crippen LogP contribution in [-0.4, -0.2) is 40.2 Å². The Kier molecular flexibility index (Phi) is 4.20. The number of aryl methyl sites for hydroxylation is 1. The van der Waals surface area contributed by atoms with E-state index in [0.717, 1.165) is 42.5 Å². The van der Waals surface area contributed by atoms with E-state index in [4.69, 9.17) is 0 Å². The Morgan fingerprint density at radius 3 is 2.81 bits per heavy atom. The lowest BCUT2D eigenvalue weighted by atomic mass is 10.1. The number of hydrogen-bond acceptors (Lipinski definition) is 3. The first-order valence-electron chi connectivity index (χ1n) is 7.65. The van der Waals surface area contributed by atoms with Gasteiger partial charge in [-0.1, -0.05) is 18.2 Å². The van der Waals surface area contributed by atoms with Crippen molar-refractivity contribution < 1.29 is 4.79 Å². The van der Waals surface area contributed by atoms with Gasteiger partial charge in [0.25, 0.3) is 0 Å². The van der Waals surface area contributed by atoms with Crippen molar-refractivity contribution in [1.82, 2.24) is 20.0 Å². The van der Waals surface area contributed by atoms with Crippen LogP contribution < -0.4 is 5.32 Å². The van der Waals surface area contributed by atoms with Gasteiger partial charge in [0, 0.05) is 32.1 Å². The van der Waals surface area contributed by atoms with Crippen LogP contribution in [-0.2, 0) is 18.4 Å². The normalized spacial score (nSPS) is 15.6. The van der Waals surface area contributed by atoms with E-state index in [0.29, 0.717) is 13.1 Å². The van der Waals surface area contributed by atoms with Crippen molar-refractivity contribution in [3.63, 3.8) is 0 Å². The molecule has 2 heterocycles. The molecule has 5 heteroatoms. The Hall–Kier alpha value is -1.88. The van der Waals surface area contributed by atoms with Gasteiger partial charge in [0.05, 0.1) is 17.8 Å². The Labute approximate surface area is 124 Å². The third-order valence-electron chi connectivity index (χ3n) is 4.11. The van der Waals surface area contributed by atoms with Gasteiger partial charge in [-0.2, -0.15) is 5.10 Å². The van der Waals surface area contributed by atoms with Crippen molar-refractivity contribution in [2.24, 2.45) is 7.05 Å². The summed E-state index contributed by atoms with van der Waals surface area (Å²) in [5.74, 6) is 0.204. The van der Waals surface area contributed by atoms with Crippen LogP contribution >= 0.6 is 0 Å². The lowest BCUT2D eigenvalue weighted by Crippen LogP contribution is -2.41. The average Bonchev–Trinajstić information content (AvgIpc) is 2.85. The molecule has 3 rings (SSSR count). The molecule has 0 radical (unpaired) electrons. The van der Waals surface area contributed by atoms with Gasteiger partial charge >= 0.3 is 0 Å². The minimum absolute atomic E-state index is 0.204. The first-order valence-corrected chi connectivity index (χ1v) is 7.65. The summed E-state index contributed by atoms with van der Waals surface area (Å²) >= 11 is 0. The van der Waals surface area contributed by atoms with Crippen molar-refractivity contribution in [3.05, 3.63) is 30.0 Å². The maximum Gasteiger partial charge on any atom is 0.236 e. The topological polar surface area (TPSA) is 50.2 Å². The number of para-hydroxylation sites is 1. The molecule has 2 aromatic rings. The number of aromatic nitrogens is 2. The second kappa shape index (κ2) is 6.26. The third kappa shape index (κ3) is 3.08. The van der Waals surface area contributed by atoms with E-state index < -0.39 is 0 Å². The number of likely N-dealkylation sites (tertiary alicyclic amines) is 1. The largest absolute Gasteiger partial charge is 0.342 e. The molecule has 0 spiro atoms. The summed E-state index contributed by atoms with van der Waals surface area (Å²) in [5, 5.41) is 8.92. The molecule has 0 bridgehead atoms. The zero-order valence-electron chi connectivity index (χ0n) is 12.5. The second-order valence-electron chi connectivity index (χ2n) is 5.63. The van der Waals surface area contributed by atoms with Crippen LogP contribution in [0.5, 0.6) is 0 Å². The highest BCUT2D eigenvalue weighted by atomic mass is 16.2. The molecule has 1 N–H and O–H groups in total. The summed E-state index contributed by atoms with van der Waals surface area (Å²) < 4.78 is 1.89. The van der Waals surface area contributed by atoms with Gasteiger partial charge in [0.15, 0.2) is 0 Å². The first-order chi connectivity index (χ1) is 10.3. The molecule has 1 amide bonds. The van der Waals surface area contributed by atoms with E-state index in [2.05, 4.69) is 22.5 Å². The predicted molar refractivity (Wildman–Crippen MR) is 82.9 cm³/mol. The fourth-order valence-electron chi connectivity index (χ4n) is 2.96. The van der Waals surface area contributed by atoms with E-state index in [9.17, 15) is 4.79 Å². The lowest BCUT2D eigenvalue weighted by Gasteiger charge is -2.26. The van der Waals surface area contributed by atoms with Crippen molar-refractivity contribution in [2.45, 2.75) is 25.8 Å². The number of nitrogens with one attached hydrogen (secondary N) is 1. The van der Waals surface area contributed by atoms with E-state index in [1.807, 2.05) is 28.8 Å². The monoisotopic (exact) mass is 286 g/mol. The number of carbonyl (C=O) groups excluding carboxylic acids is 1. The average molecular weight is 286 g/mol. The van der Waals surface area contributed by atoms with Crippen LogP contribution in [0.3, 0.4) is 0 Å². The lowest BCUT2D eigenvalue weighted by molar-refractivity contribution is -0.131. The van der Waals surface area contributed by atoms with Crippen LogP contribution in [0.2, 0.25) is 0 Å². The molecule has 1 saturated heterocycles. The molecule has 112 valence electrons. The highest BCUT2D eigenvalue weighted by molar-refractivity contribution is 5.82. The van der Waals surface area contributed by atoms with Crippen molar-refractivity contribution >= 4 is 16.8 Å². The number of nitrogens with zero attached hydrogens (tertiary/aromatic N) is 3. The van der Waals surface area contributed by atoms with E-state index >= 15 is 0 Å². The summed E-state index contributed by atoms with van der Waals surface area (Å²) in [5.41, 5.74) is 2.12. The summed E-state index contributed by atoms with van der Waals surface area (Å²) in [6.45, 7) is 2.84. The van der Waals surface area contributed by atoms with Gasteiger partial charge in [-0.25, -0.2) is 0 Å². The number of rotatable bonds is 4.